The molecule has 0 bridgehead atoms. The Morgan fingerprint density at radius 1 is 1.07 bits per heavy atom. The molecule has 5 nitrogen and oxygen atoms in total. The van der Waals surface area contributed by atoms with Gasteiger partial charge in [-0.15, -0.1) is 0 Å². The van der Waals surface area contributed by atoms with Gasteiger partial charge in [0.1, 0.15) is 0 Å². The highest BCUT2D eigenvalue weighted by atomic mass is 35.5. The fourth-order valence-corrected chi connectivity index (χ4v) is 8.10. The number of carbonyl (C=O) groups excluding carboxylic acids is 1. The van der Waals surface area contributed by atoms with Crippen LogP contribution in [0.15, 0.2) is 53.5 Å². The number of nitrogens with zero attached hydrogens (tertiary/aromatic N) is 2. The Bertz CT molecular complexity index is 1050. The molecule has 2 fully saturated rings. The summed E-state index contributed by atoms with van der Waals surface area (Å²) >= 11 is 14.1. The molecular weight excluding hydrogens is 451 g/mol. The third kappa shape index (κ3) is 4.48. The van der Waals surface area contributed by atoms with E-state index in [2.05, 4.69) is 4.99 Å². The van der Waals surface area contributed by atoms with Gasteiger partial charge in [0.2, 0.25) is 5.91 Å². The lowest BCUT2D eigenvalue weighted by Crippen LogP contribution is -2.38. The van der Waals surface area contributed by atoms with Crippen LogP contribution in [0.3, 0.4) is 0 Å². The van der Waals surface area contributed by atoms with Gasteiger partial charge in [-0.2, -0.15) is 4.99 Å². The molecule has 152 valence electrons. The van der Waals surface area contributed by atoms with E-state index in [9.17, 15) is 13.2 Å². The quantitative estimate of drug-likeness (QED) is 0.671. The summed E-state index contributed by atoms with van der Waals surface area (Å²) in [5, 5.41) is 1.05. The number of hydrogen-bond donors (Lipinski definition) is 0. The van der Waals surface area contributed by atoms with Crippen LogP contribution in [-0.2, 0) is 21.1 Å². The number of carbonyl (C=O) groups is 1. The van der Waals surface area contributed by atoms with Crippen LogP contribution in [0.2, 0.25) is 10.0 Å². The highest BCUT2D eigenvalue weighted by molar-refractivity contribution is 8.16. The number of hydrogen-bond acceptors (Lipinski definition) is 4. The molecule has 0 radical (unpaired) electrons. The second-order valence-electron chi connectivity index (χ2n) is 7.01. The fraction of sp³-hybridized carbons (Fsp3) is 0.300. The van der Waals surface area contributed by atoms with Gasteiger partial charge in [0, 0.05) is 11.7 Å². The van der Waals surface area contributed by atoms with E-state index in [1.807, 2.05) is 30.3 Å². The molecule has 0 spiro atoms. The van der Waals surface area contributed by atoms with Crippen LogP contribution in [0.4, 0.5) is 5.69 Å². The number of thioether (sulfide) groups is 1. The minimum Gasteiger partial charge on any atom is -0.313 e. The molecule has 2 atom stereocenters. The van der Waals surface area contributed by atoms with Crippen molar-refractivity contribution in [2.45, 2.75) is 24.1 Å². The van der Waals surface area contributed by atoms with E-state index in [0.29, 0.717) is 27.3 Å². The van der Waals surface area contributed by atoms with Crippen LogP contribution in [0, 0.1) is 0 Å². The first-order valence-electron chi connectivity index (χ1n) is 9.10. The molecule has 2 heterocycles. The number of amidine groups is 1. The Labute approximate surface area is 184 Å². The summed E-state index contributed by atoms with van der Waals surface area (Å²) in [4.78, 5) is 18.6. The smallest absolute Gasteiger partial charge is 0.248 e. The van der Waals surface area contributed by atoms with Crippen molar-refractivity contribution in [2.24, 2.45) is 4.99 Å². The van der Waals surface area contributed by atoms with E-state index < -0.39 is 9.84 Å². The number of amides is 1. The van der Waals surface area contributed by atoms with Crippen molar-refractivity contribution >= 4 is 61.6 Å². The lowest BCUT2D eigenvalue weighted by atomic mass is 10.1. The van der Waals surface area contributed by atoms with Gasteiger partial charge in [0.25, 0.3) is 0 Å². The summed E-state index contributed by atoms with van der Waals surface area (Å²) in [6.07, 6.45) is 0.862. The lowest BCUT2D eigenvalue weighted by molar-refractivity contribution is -0.117. The SMILES string of the molecule is O=C(CCc1ccccc1)N=C1S[C@@H]2CS(=O)(=O)C[C@@H]2N1c1c(Cl)cccc1Cl. The molecule has 0 N–H and O–H groups in total. The monoisotopic (exact) mass is 468 g/mol. The van der Waals surface area contributed by atoms with Crippen molar-refractivity contribution in [3.8, 4) is 0 Å². The highest BCUT2D eigenvalue weighted by Crippen LogP contribution is 2.45. The zero-order valence-corrected chi connectivity index (χ0v) is 18.4. The van der Waals surface area contributed by atoms with Gasteiger partial charge in [-0.1, -0.05) is 71.4 Å². The third-order valence-corrected chi connectivity index (χ3v) is 8.76. The number of halogens is 2. The van der Waals surface area contributed by atoms with Crippen LogP contribution in [0.1, 0.15) is 12.0 Å². The van der Waals surface area contributed by atoms with E-state index in [0.717, 1.165) is 5.56 Å². The summed E-state index contributed by atoms with van der Waals surface area (Å²) in [6, 6.07) is 14.5. The molecule has 9 heteroatoms. The Hall–Kier alpha value is -1.54. The van der Waals surface area contributed by atoms with Gasteiger partial charge < -0.3 is 4.90 Å². The van der Waals surface area contributed by atoms with Gasteiger partial charge in [-0.3, -0.25) is 4.79 Å². The average Bonchev–Trinajstić information content (AvgIpc) is 3.13. The minimum atomic E-state index is -3.16. The number of rotatable bonds is 4. The maximum absolute atomic E-state index is 12.6. The first-order valence-corrected chi connectivity index (χ1v) is 12.6. The van der Waals surface area contributed by atoms with Crippen molar-refractivity contribution < 1.29 is 13.2 Å². The summed E-state index contributed by atoms with van der Waals surface area (Å²) < 4.78 is 24.3. The maximum atomic E-state index is 12.6. The number of para-hydroxylation sites is 1. The van der Waals surface area contributed by atoms with Gasteiger partial charge >= 0.3 is 0 Å². The Balaban J connectivity index is 1.63. The van der Waals surface area contributed by atoms with Crippen LogP contribution >= 0.6 is 35.0 Å². The summed E-state index contributed by atoms with van der Waals surface area (Å²) in [5.41, 5.74) is 1.57. The number of benzene rings is 2. The normalized spacial score (nSPS) is 24.1. The molecule has 2 aromatic carbocycles. The molecule has 0 aromatic heterocycles. The van der Waals surface area contributed by atoms with E-state index >= 15 is 0 Å². The Kier molecular flexibility index (Phi) is 5.93. The predicted octanol–water partition coefficient (Wildman–Crippen LogP) is 4.23. The number of anilines is 1. The van der Waals surface area contributed by atoms with Crippen LogP contribution in [0.25, 0.3) is 0 Å². The Morgan fingerprint density at radius 2 is 1.76 bits per heavy atom. The second-order valence-corrected chi connectivity index (χ2v) is 11.2. The topological polar surface area (TPSA) is 66.8 Å². The summed E-state index contributed by atoms with van der Waals surface area (Å²) in [6.45, 7) is 0. The molecule has 0 saturated carbocycles. The minimum absolute atomic E-state index is 0.0105. The van der Waals surface area contributed by atoms with Crippen molar-refractivity contribution in [3.05, 3.63) is 64.1 Å². The third-order valence-electron chi connectivity index (χ3n) is 4.94. The zero-order chi connectivity index (χ0) is 20.6. The molecule has 2 saturated heterocycles. The van der Waals surface area contributed by atoms with Crippen molar-refractivity contribution in [3.63, 3.8) is 0 Å². The van der Waals surface area contributed by atoms with Gasteiger partial charge in [-0.25, -0.2) is 8.42 Å². The predicted molar refractivity (Wildman–Crippen MR) is 120 cm³/mol. The second kappa shape index (κ2) is 8.30. The first kappa shape index (κ1) is 20.7. The maximum Gasteiger partial charge on any atom is 0.248 e. The molecule has 1 amide bonds. The van der Waals surface area contributed by atoms with Crippen LogP contribution in [-0.4, -0.2) is 42.3 Å². The standard InChI is InChI=1S/C20H18Cl2N2O3S2/c21-14-7-4-8-15(22)19(14)24-16-11-29(26,27)12-17(16)28-20(24)23-18(25)10-9-13-5-2-1-3-6-13/h1-8,16-17H,9-12H2/t16-,17+/m0/s1. The van der Waals surface area contributed by atoms with Crippen LogP contribution in [0.5, 0.6) is 0 Å². The number of aliphatic imine (C=N–C) groups is 1. The molecule has 2 aliphatic heterocycles. The first-order chi connectivity index (χ1) is 13.8. The molecule has 2 aromatic rings. The number of sulfone groups is 1. The number of fused-ring (bicyclic) bond motifs is 1. The summed E-state index contributed by atoms with van der Waals surface area (Å²) in [5.74, 6) is -0.214. The molecular formula is C20H18Cl2N2O3S2. The van der Waals surface area contributed by atoms with Crippen LogP contribution < -0.4 is 4.90 Å². The number of aryl methyl sites for hydroxylation is 1. The largest absolute Gasteiger partial charge is 0.313 e. The van der Waals surface area contributed by atoms with Gasteiger partial charge in [-0.05, 0) is 24.1 Å². The van der Waals surface area contributed by atoms with Crippen molar-refractivity contribution in [1.82, 2.24) is 0 Å². The Morgan fingerprint density at radius 3 is 2.45 bits per heavy atom. The highest BCUT2D eigenvalue weighted by Gasteiger charge is 2.50. The molecule has 2 aliphatic rings. The molecule has 4 rings (SSSR count). The molecule has 0 aliphatic carbocycles. The zero-order valence-electron chi connectivity index (χ0n) is 15.3. The van der Waals surface area contributed by atoms with Crippen molar-refractivity contribution in [2.75, 3.05) is 16.4 Å². The van der Waals surface area contributed by atoms with Gasteiger partial charge in [0.15, 0.2) is 15.0 Å². The van der Waals surface area contributed by atoms with E-state index in [1.165, 1.54) is 11.8 Å². The molecule has 0 unspecified atom stereocenters. The lowest BCUT2D eigenvalue weighted by Gasteiger charge is -2.26. The molecule has 29 heavy (non-hydrogen) atoms. The van der Waals surface area contributed by atoms with E-state index in [-0.39, 0.29) is 35.1 Å². The fourth-order valence-electron chi connectivity index (χ4n) is 3.60. The van der Waals surface area contributed by atoms with Crippen molar-refractivity contribution in [1.29, 1.82) is 0 Å². The van der Waals surface area contributed by atoms with Gasteiger partial charge in [0.05, 0.1) is 33.3 Å². The average molecular weight is 469 g/mol. The van der Waals surface area contributed by atoms with E-state index in [1.54, 1.807) is 23.1 Å². The summed E-state index contributed by atoms with van der Waals surface area (Å²) in [7, 11) is -3.16. The van der Waals surface area contributed by atoms with E-state index in [4.69, 9.17) is 23.2 Å².